The van der Waals surface area contributed by atoms with Crippen molar-refractivity contribution >= 4 is 27.8 Å². The summed E-state index contributed by atoms with van der Waals surface area (Å²) in [6.07, 6.45) is 0.395. The number of methoxy groups -OCH3 is 2. The smallest absolute Gasteiger partial charge is 0.344 e. The Morgan fingerprint density at radius 1 is 0.936 bits per heavy atom. The fourth-order valence-corrected chi connectivity index (χ4v) is 6.30. The predicted molar refractivity (Wildman–Crippen MR) is 176 cm³/mol. The molecule has 3 heterocycles. The van der Waals surface area contributed by atoms with E-state index in [0.717, 1.165) is 16.5 Å². The zero-order valence-corrected chi connectivity index (χ0v) is 25.8. The maximum Gasteiger partial charge on any atom is 0.344 e. The Morgan fingerprint density at radius 3 is 2.55 bits per heavy atom. The Balaban J connectivity index is 1.36. The molecule has 238 valence electrons. The van der Waals surface area contributed by atoms with E-state index in [2.05, 4.69) is 10.3 Å². The van der Waals surface area contributed by atoms with Gasteiger partial charge < -0.3 is 38.8 Å². The highest BCUT2D eigenvalue weighted by molar-refractivity contribution is 5.97. The Morgan fingerprint density at radius 2 is 1.72 bits per heavy atom. The number of rotatable bonds is 9. The minimum Gasteiger partial charge on any atom is -0.507 e. The van der Waals surface area contributed by atoms with E-state index in [-0.39, 0.29) is 29.3 Å². The number of carbonyl (C=O) groups is 1. The highest BCUT2D eigenvalue weighted by Gasteiger charge is 2.34. The molecule has 47 heavy (non-hydrogen) atoms. The number of carbonyl (C=O) groups excluding carboxylic acids is 1. The summed E-state index contributed by atoms with van der Waals surface area (Å²) in [4.78, 5) is 30.6. The van der Waals surface area contributed by atoms with Gasteiger partial charge in [-0.3, -0.25) is 4.79 Å². The van der Waals surface area contributed by atoms with Crippen molar-refractivity contribution in [1.82, 2.24) is 10.3 Å². The zero-order valence-electron chi connectivity index (χ0n) is 25.8. The van der Waals surface area contributed by atoms with Gasteiger partial charge in [0.2, 0.25) is 0 Å². The van der Waals surface area contributed by atoms with E-state index in [1.807, 2.05) is 42.5 Å². The highest BCUT2D eigenvalue weighted by atomic mass is 16.6. The minimum atomic E-state index is -0.840. The topological polar surface area (TPSA) is 132 Å². The van der Waals surface area contributed by atoms with Gasteiger partial charge >= 0.3 is 5.63 Å². The van der Waals surface area contributed by atoms with Gasteiger partial charge in [0.1, 0.15) is 36.0 Å². The monoisotopic (exact) mass is 632 g/mol. The van der Waals surface area contributed by atoms with Crippen LogP contribution in [0.4, 0.5) is 0 Å². The van der Waals surface area contributed by atoms with Crippen LogP contribution in [0.3, 0.4) is 0 Å². The first-order valence-corrected chi connectivity index (χ1v) is 15.2. The van der Waals surface area contributed by atoms with Gasteiger partial charge in [-0.15, -0.1) is 0 Å². The van der Waals surface area contributed by atoms with Gasteiger partial charge in [0, 0.05) is 34.8 Å². The van der Waals surface area contributed by atoms with Crippen LogP contribution in [0.1, 0.15) is 38.7 Å². The number of amides is 1. The van der Waals surface area contributed by atoms with Crippen LogP contribution >= 0.6 is 0 Å². The molecule has 0 saturated heterocycles. The Hall–Kier alpha value is -5.90. The maximum absolute atomic E-state index is 13.8. The molecule has 6 aromatic rings. The van der Waals surface area contributed by atoms with E-state index in [9.17, 15) is 14.7 Å². The molecular weight excluding hydrogens is 600 g/mol. The van der Waals surface area contributed by atoms with E-state index >= 15 is 0 Å². The van der Waals surface area contributed by atoms with Crippen LogP contribution in [0, 0.1) is 0 Å². The van der Waals surface area contributed by atoms with Gasteiger partial charge in [-0.05, 0) is 48.4 Å². The number of aromatic hydroxyl groups is 1. The number of H-pyrrole nitrogens is 1. The van der Waals surface area contributed by atoms with Crippen molar-refractivity contribution in [3.63, 3.8) is 0 Å². The van der Waals surface area contributed by atoms with E-state index < -0.39 is 11.5 Å². The number of aromatic amines is 1. The SMILES string of the molecule is COc1ccc(C(=O)NCCc2c(C(c3cccc4c3OCCO4)c3c(O)c4ccccc4oc3=O)[nH]c3ccccc23)c(OC)c1. The molecule has 2 aromatic heterocycles. The third-order valence-electron chi connectivity index (χ3n) is 8.47. The molecule has 1 aliphatic heterocycles. The Bertz CT molecular complexity index is 2180. The summed E-state index contributed by atoms with van der Waals surface area (Å²) in [5, 5.41) is 16.1. The van der Waals surface area contributed by atoms with Crippen molar-refractivity contribution < 1.29 is 33.3 Å². The Labute approximate surface area is 269 Å². The number of hydrogen-bond acceptors (Lipinski definition) is 8. The minimum absolute atomic E-state index is 0.0612. The first-order chi connectivity index (χ1) is 23.0. The van der Waals surface area contributed by atoms with E-state index in [1.54, 1.807) is 49.6 Å². The van der Waals surface area contributed by atoms with Crippen LogP contribution < -0.4 is 29.9 Å². The second-order valence-electron chi connectivity index (χ2n) is 11.1. The lowest BCUT2D eigenvalue weighted by atomic mass is 9.84. The second kappa shape index (κ2) is 12.5. The van der Waals surface area contributed by atoms with Gasteiger partial charge in [0.25, 0.3) is 5.91 Å². The summed E-state index contributed by atoms with van der Waals surface area (Å²) in [5.74, 6) is 0.670. The summed E-state index contributed by atoms with van der Waals surface area (Å²) in [6, 6.07) is 25.2. The van der Waals surface area contributed by atoms with Crippen LogP contribution in [0.5, 0.6) is 28.7 Å². The molecule has 7 rings (SSSR count). The summed E-state index contributed by atoms with van der Waals surface area (Å²) < 4.78 is 28.5. The molecule has 0 fully saturated rings. The molecule has 1 atom stereocenters. The number of nitrogens with one attached hydrogen (secondary N) is 2. The van der Waals surface area contributed by atoms with Crippen molar-refractivity contribution in [2.24, 2.45) is 0 Å². The van der Waals surface area contributed by atoms with E-state index in [4.69, 9.17) is 23.4 Å². The summed E-state index contributed by atoms with van der Waals surface area (Å²) in [7, 11) is 3.05. The molecule has 0 aliphatic carbocycles. The van der Waals surface area contributed by atoms with Crippen LogP contribution in [0.25, 0.3) is 21.9 Å². The highest BCUT2D eigenvalue weighted by Crippen LogP contribution is 2.47. The summed E-state index contributed by atoms with van der Waals surface area (Å²) in [5.41, 5.74) is 3.00. The molecule has 10 heteroatoms. The molecule has 3 N–H and O–H groups in total. The standard InChI is InChI=1S/C37H32N2O8/c1-43-21-14-15-25(30(20-21)44-2)36(41)38-17-16-23-22-8-3-5-11-27(22)39-33(23)31(26-10-7-13-29-35(26)46-19-18-45-29)32-34(40)24-9-4-6-12-28(24)47-37(32)42/h3-15,20,31,39-40H,16-19H2,1-2H3,(H,38,41). The molecule has 0 radical (unpaired) electrons. The van der Waals surface area contributed by atoms with Crippen molar-refractivity contribution in [3.8, 4) is 28.7 Å². The lowest BCUT2D eigenvalue weighted by Gasteiger charge is -2.26. The van der Waals surface area contributed by atoms with Crippen molar-refractivity contribution in [1.29, 1.82) is 0 Å². The number of ether oxygens (including phenoxy) is 4. The Kier molecular flexibility index (Phi) is 7.91. The molecule has 1 amide bonds. The van der Waals surface area contributed by atoms with Crippen LogP contribution in [-0.2, 0) is 6.42 Å². The molecule has 0 bridgehead atoms. The average Bonchev–Trinajstić information content (AvgIpc) is 3.47. The van der Waals surface area contributed by atoms with E-state index in [1.165, 1.54) is 7.11 Å². The lowest BCUT2D eigenvalue weighted by Crippen LogP contribution is -2.26. The molecule has 1 unspecified atom stereocenters. The van der Waals surface area contributed by atoms with Gasteiger partial charge in [-0.1, -0.05) is 42.5 Å². The number of hydrogen-bond donors (Lipinski definition) is 3. The van der Waals surface area contributed by atoms with Crippen LogP contribution in [0.15, 0.2) is 94.1 Å². The second-order valence-corrected chi connectivity index (χ2v) is 11.1. The molecular formula is C37H32N2O8. The summed E-state index contributed by atoms with van der Waals surface area (Å²) >= 11 is 0. The molecule has 0 saturated carbocycles. The third kappa shape index (κ3) is 5.37. The zero-order chi connectivity index (χ0) is 32.5. The van der Waals surface area contributed by atoms with Crippen LogP contribution in [-0.4, -0.2) is 50.0 Å². The number of fused-ring (bicyclic) bond motifs is 3. The number of aromatic nitrogens is 1. The van der Waals surface area contributed by atoms with Crippen molar-refractivity contribution in [3.05, 3.63) is 123 Å². The fraction of sp³-hybridized carbons (Fsp3) is 0.189. The molecule has 4 aromatic carbocycles. The average molecular weight is 633 g/mol. The van der Waals surface area contributed by atoms with Gasteiger partial charge in [-0.25, -0.2) is 4.79 Å². The largest absolute Gasteiger partial charge is 0.507 e. The summed E-state index contributed by atoms with van der Waals surface area (Å²) in [6.45, 7) is 0.983. The number of benzene rings is 4. The van der Waals surface area contributed by atoms with Crippen molar-refractivity contribution in [2.75, 3.05) is 34.0 Å². The molecule has 1 aliphatic rings. The first-order valence-electron chi connectivity index (χ1n) is 15.2. The van der Waals surface area contributed by atoms with Gasteiger partial charge in [-0.2, -0.15) is 0 Å². The van der Waals surface area contributed by atoms with Gasteiger partial charge in [0.05, 0.1) is 36.7 Å². The third-order valence-corrected chi connectivity index (χ3v) is 8.47. The predicted octanol–water partition coefficient (Wildman–Crippen LogP) is 5.92. The normalized spacial score (nSPS) is 13.0. The quantitative estimate of drug-likeness (QED) is 0.167. The maximum atomic E-state index is 13.8. The number of para-hydroxylation sites is 3. The first kappa shape index (κ1) is 29.8. The van der Waals surface area contributed by atoms with E-state index in [0.29, 0.717) is 64.8 Å². The molecule has 10 nitrogen and oxygen atoms in total. The van der Waals surface area contributed by atoms with Crippen molar-refractivity contribution in [2.45, 2.75) is 12.3 Å². The lowest BCUT2D eigenvalue weighted by molar-refractivity contribution is 0.0951. The fourth-order valence-electron chi connectivity index (χ4n) is 6.30. The van der Waals surface area contributed by atoms with Gasteiger partial charge in [0.15, 0.2) is 11.5 Å². The van der Waals surface area contributed by atoms with Crippen LogP contribution in [0.2, 0.25) is 0 Å². The molecule has 0 spiro atoms.